The van der Waals surface area contributed by atoms with Crippen LogP contribution in [0.3, 0.4) is 0 Å². The fourth-order valence-electron chi connectivity index (χ4n) is 2.57. The zero-order valence-electron chi connectivity index (χ0n) is 17.7. The number of carbonyl (C=O) groups is 3. The molecule has 0 saturated heterocycles. The van der Waals surface area contributed by atoms with E-state index in [2.05, 4.69) is 15.8 Å². The zero-order valence-corrected chi connectivity index (χ0v) is 18.5. The van der Waals surface area contributed by atoms with E-state index in [-0.39, 0.29) is 12.3 Å². The molecule has 2 N–H and O–H groups in total. The molecular formula is C24H21N3O5S. The quantitative estimate of drug-likeness (QED) is 0.167. The summed E-state index contributed by atoms with van der Waals surface area (Å²) in [5.41, 5.74) is 3.82. The second-order valence-corrected chi connectivity index (χ2v) is 7.48. The normalized spacial score (nSPS) is 10.8. The first-order valence-corrected chi connectivity index (χ1v) is 10.7. The summed E-state index contributed by atoms with van der Waals surface area (Å²) in [5, 5.41) is 8.13. The van der Waals surface area contributed by atoms with Crippen LogP contribution in [0, 0.1) is 0 Å². The average molecular weight is 464 g/mol. The van der Waals surface area contributed by atoms with Crippen LogP contribution >= 0.6 is 11.3 Å². The molecule has 0 bridgehead atoms. The Balaban J connectivity index is 1.48. The smallest absolute Gasteiger partial charge is 0.353 e. The lowest BCUT2D eigenvalue weighted by molar-refractivity contribution is -0.123. The van der Waals surface area contributed by atoms with Crippen molar-refractivity contribution in [2.24, 2.45) is 5.10 Å². The average Bonchev–Trinajstić information content (AvgIpc) is 3.38. The first-order valence-electron chi connectivity index (χ1n) is 9.82. The molecule has 0 aliphatic rings. The summed E-state index contributed by atoms with van der Waals surface area (Å²) in [4.78, 5) is 36.3. The monoisotopic (exact) mass is 463 g/mol. The molecule has 0 radical (unpaired) electrons. The van der Waals surface area contributed by atoms with Crippen LogP contribution in [-0.4, -0.2) is 37.7 Å². The highest BCUT2D eigenvalue weighted by Gasteiger charge is 2.13. The molecule has 1 aromatic heterocycles. The summed E-state index contributed by atoms with van der Waals surface area (Å²) in [6, 6.07) is 17.6. The van der Waals surface area contributed by atoms with Gasteiger partial charge in [-0.05, 0) is 46.8 Å². The maximum Gasteiger partial charge on any atom is 0.353 e. The molecule has 0 aliphatic carbocycles. The molecule has 8 nitrogen and oxygen atoms in total. The number of amides is 2. The van der Waals surface area contributed by atoms with E-state index in [9.17, 15) is 14.4 Å². The lowest BCUT2D eigenvalue weighted by Gasteiger charge is -2.09. The Bertz CT molecular complexity index is 1160. The number of nitrogens with one attached hydrogen (secondary N) is 2. The van der Waals surface area contributed by atoms with E-state index in [1.807, 2.05) is 30.3 Å². The Kier molecular flexibility index (Phi) is 8.49. The number of hydrogen-bond acceptors (Lipinski definition) is 7. The molecular weight excluding hydrogens is 442 g/mol. The standard InChI is InChI=1S/C24H21N3O5S/c1-31-20-14-18(9-11-19(20)32-24(30)21-8-5-13-33-21)15-26-27-23(29)16-25-22(28)12-10-17-6-3-2-4-7-17/h2-15H,16H2,1H3,(H,25,28)(H,27,29)/b12-10+,26-15+. The summed E-state index contributed by atoms with van der Waals surface area (Å²) >= 11 is 1.28. The molecule has 0 atom stereocenters. The van der Waals surface area contributed by atoms with Crippen LogP contribution in [0.4, 0.5) is 0 Å². The van der Waals surface area contributed by atoms with Gasteiger partial charge in [0, 0.05) is 6.08 Å². The minimum absolute atomic E-state index is 0.226. The third kappa shape index (κ3) is 7.44. The van der Waals surface area contributed by atoms with Gasteiger partial charge in [0.25, 0.3) is 5.91 Å². The zero-order chi connectivity index (χ0) is 23.5. The number of methoxy groups -OCH3 is 1. The summed E-state index contributed by atoms with van der Waals surface area (Å²) in [6.07, 6.45) is 4.41. The van der Waals surface area contributed by atoms with Gasteiger partial charge in [-0.1, -0.05) is 36.4 Å². The number of nitrogens with zero attached hydrogens (tertiary/aromatic N) is 1. The van der Waals surface area contributed by atoms with Gasteiger partial charge in [0.05, 0.1) is 19.9 Å². The third-order valence-electron chi connectivity index (χ3n) is 4.17. The first kappa shape index (κ1) is 23.4. The van der Waals surface area contributed by atoms with Gasteiger partial charge in [0.1, 0.15) is 4.88 Å². The maximum atomic E-state index is 12.1. The third-order valence-corrected chi connectivity index (χ3v) is 5.02. The van der Waals surface area contributed by atoms with Gasteiger partial charge >= 0.3 is 5.97 Å². The molecule has 2 aromatic carbocycles. The van der Waals surface area contributed by atoms with Crippen molar-refractivity contribution in [2.45, 2.75) is 0 Å². The predicted octanol–water partition coefficient (Wildman–Crippen LogP) is 3.26. The van der Waals surface area contributed by atoms with E-state index in [1.54, 1.807) is 41.8 Å². The topological polar surface area (TPSA) is 106 Å². The van der Waals surface area contributed by atoms with Crippen molar-refractivity contribution in [1.29, 1.82) is 0 Å². The minimum atomic E-state index is -0.485. The van der Waals surface area contributed by atoms with Crippen molar-refractivity contribution in [3.05, 3.63) is 88.1 Å². The van der Waals surface area contributed by atoms with Gasteiger partial charge < -0.3 is 14.8 Å². The molecule has 2 amide bonds. The number of thiophene rings is 1. The van der Waals surface area contributed by atoms with Gasteiger partial charge in [-0.2, -0.15) is 5.10 Å². The highest BCUT2D eigenvalue weighted by atomic mass is 32.1. The Hall–Kier alpha value is -4.24. The second kappa shape index (κ2) is 12.0. The summed E-state index contributed by atoms with van der Waals surface area (Å²) in [5.74, 6) is -0.745. The van der Waals surface area contributed by atoms with E-state index >= 15 is 0 Å². The van der Waals surface area contributed by atoms with E-state index in [0.717, 1.165) is 5.56 Å². The van der Waals surface area contributed by atoms with Crippen molar-refractivity contribution in [2.75, 3.05) is 13.7 Å². The molecule has 3 rings (SSSR count). The Labute approximate surface area is 194 Å². The van der Waals surface area contributed by atoms with Crippen molar-refractivity contribution in [1.82, 2.24) is 10.7 Å². The van der Waals surface area contributed by atoms with E-state index < -0.39 is 17.8 Å². The Morgan fingerprint density at radius 3 is 2.55 bits per heavy atom. The van der Waals surface area contributed by atoms with Gasteiger partial charge in [0.2, 0.25) is 5.91 Å². The number of hydrazone groups is 1. The molecule has 1 heterocycles. The van der Waals surface area contributed by atoms with E-state index in [4.69, 9.17) is 9.47 Å². The molecule has 33 heavy (non-hydrogen) atoms. The van der Waals surface area contributed by atoms with Crippen LogP contribution in [0.15, 0.2) is 77.2 Å². The summed E-state index contributed by atoms with van der Waals surface area (Å²) in [7, 11) is 1.45. The number of ether oxygens (including phenoxy) is 2. The molecule has 0 saturated carbocycles. The number of hydrogen-bond donors (Lipinski definition) is 2. The van der Waals surface area contributed by atoms with Crippen LogP contribution in [0.25, 0.3) is 6.08 Å². The highest BCUT2D eigenvalue weighted by molar-refractivity contribution is 7.12. The van der Waals surface area contributed by atoms with Crippen LogP contribution in [-0.2, 0) is 9.59 Å². The van der Waals surface area contributed by atoms with E-state index in [0.29, 0.717) is 16.2 Å². The van der Waals surface area contributed by atoms with Crippen LogP contribution in [0.2, 0.25) is 0 Å². The van der Waals surface area contributed by atoms with Crippen LogP contribution < -0.4 is 20.2 Å². The minimum Gasteiger partial charge on any atom is -0.493 e. The van der Waals surface area contributed by atoms with Gasteiger partial charge in [-0.25, -0.2) is 10.2 Å². The van der Waals surface area contributed by atoms with Gasteiger partial charge in [-0.15, -0.1) is 11.3 Å². The van der Waals surface area contributed by atoms with Crippen LogP contribution in [0.5, 0.6) is 11.5 Å². The SMILES string of the molecule is COc1cc(/C=N/NC(=O)CNC(=O)/C=C/c2ccccc2)ccc1OC(=O)c1cccs1. The van der Waals surface area contributed by atoms with Crippen LogP contribution in [0.1, 0.15) is 20.8 Å². The lowest BCUT2D eigenvalue weighted by Crippen LogP contribution is -2.34. The fraction of sp³-hybridized carbons (Fsp3) is 0.0833. The number of rotatable bonds is 9. The first-order chi connectivity index (χ1) is 16.0. The summed E-state index contributed by atoms with van der Waals surface area (Å²) < 4.78 is 10.6. The summed E-state index contributed by atoms with van der Waals surface area (Å²) in [6.45, 7) is -0.226. The second-order valence-electron chi connectivity index (χ2n) is 6.53. The van der Waals surface area contributed by atoms with Crippen molar-refractivity contribution in [3.8, 4) is 11.5 Å². The van der Waals surface area contributed by atoms with Crippen molar-refractivity contribution < 1.29 is 23.9 Å². The van der Waals surface area contributed by atoms with E-state index in [1.165, 1.54) is 30.7 Å². The fourth-order valence-corrected chi connectivity index (χ4v) is 3.17. The molecule has 0 unspecified atom stereocenters. The number of carbonyl (C=O) groups excluding carboxylic acids is 3. The van der Waals surface area contributed by atoms with Gasteiger partial charge in [0.15, 0.2) is 11.5 Å². The predicted molar refractivity (Wildman–Crippen MR) is 126 cm³/mol. The largest absolute Gasteiger partial charge is 0.493 e. The number of benzene rings is 2. The molecule has 0 fully saturated rings. The number of esters is 1. The maximum absolute atomic E-state index is 12.1. The molecule has 9 heteroatoms. The Morgan fingerprint density at radius 2 is 1.82 bits per heavy atom. The molecule has 3 aromatic rings. The van der Waals surface area contributed by atoms with Crippen molar-refractivity contribution in [3.63, 3.8) is 0 Å². The van der Waals surface area contributed by atoms with Gasteiger partial charge in [-0.3, -0.25) is 9.59 Å². The molecule has 168 valence electrons. The highest BCUT2D eigenvalue weighted by Crippen LogP contribution is 2.28. The van der Waals surface area contributed by atoms with Crippen molar-refractivity contribution >= 4 is 41.4 Å². The molecule has 0 aliphatic heterocycles. The molecule has 0 spiro atoms. The Morgan fingerprint density at radius 1 is 1.00 bits per heavy atom. The lowest BCUT2D eigenvalue weighted by atomic mass is 10.2.